The summed E-state index contributed by atoms with van der Waals surface area (Å²) in [5, 5.41) is 6.19. The van der Waals surface area contributed by atoms with Crippen LogP contribution in [0.5, 0.6) is 0 Å². The zero-order chi connectivity index (χ0) is 16.5. The number of fused-ring (bicyclic) bond motifs is 3. The van der Waals surface area contributed by atoms with Crippen molar-refractivity contribution >= 4 is 11.6 Å². The lowest BCUT2D eigenvalue weighted by Crippen LogP contribution is -2.57. The van der Waals surface area contributed by atoms with Crippen LogP contribution in [-0.4, -0.2) is 48.5 Å². The van der Waals surface area contributed by atoms with Gasteiger partial charge in [0.25, 0.3) is 5.89 Å². The van der Waals surface area contributed by atoms with E-state index in [9.17, 15) is 4.79 Å². The van der Waals surface area contributed by atoms with E-state index >= 15 is 0 Å². The molecule has 1 amide bonds. The van der Waals surface area contributed by atoms with Crippen LogP contribution < -0.4 is 10.6 Å². The van der Waals surface area contributed by atoms with E-state index in [2.05, 4.69) is 20.5 Å². The Hall–Kier alpha value is -2.34. The zero-order valence-electron chi connectivity index (χ0n) is 13.8. The third-order valence-corrected chi connectivity index (χ3v) is 5.11. The van der Waals surface area contributed by atoms with Crippen LogP contribution in [0.3, 0.4) is 0 Å². The van der Waals surface area contributed by atoms with Gasteiger partial charge in [-0.25, -0.2) is 4.98 Å². The van der Waals surface area contributed by atoms with Crippen molar-refractivity contribution in [3.05, 3.63) is 36.4 Å². The van der Waals surface area contributed by atoms with Crippen molar-refractivity contribution in [3.63, 3.8) is 0 Å². The van der Waals surface area contributed by atoms with E-state index < -0.39 is 0 Å². The topological polar surface area (TPSA) is 70.4 Å². The maximum Gasteiger partial charge on any atom is 0.307 e. The Balaban J connectivity index is 1.47. The van der Waals surface area contributed by atoms with Crippen LogP contribution in [0.1, 0.15) is 23.5 Å². The monoisotopic (exact) mass is 326 g/mol. The summed E-state index contributed by atoms with van der Waals surface area (Å²) >= 11 is 0. The van der Waals surface area contributed by atoms with Crippen molar-refractivity contribution in [1.29, 1.82) is 0 Å². The molecule has 5 rings (SSSR count). The number of nitrogens with zero attached hydrogens (tertiary/aromatic N) is 2. The van der Waals surface area contributed by atoms with Gasteiger partial charge in [-0.3, -0.25) is 4.79 Å². The summed E-state index contributed by atoms with van der Waals surface area (Å²) in [6, 6.07) is 8.03. The maximum atomic E-state index is 12.5. The van der Waals surface area contributed by atoms with Gasteiger partial charge in [0, 0.05) is 30.9 Å². The smallest absolute Gasteiger partial charge is 0.307 e. The average Bonchev–Trinajstić information content (AvgIpc) is 3.13. The molecule has 0 radical (unpaired) electrons. The number of piperidine rings is 3. The highest BCUT2D eigenvalue weighted by molar-refractivity contribution is 5.90. The fraction of sp³-hybridized carbons (Fsp3) is 0.444. The van der Waals surface area contributed by atoms with E-state index in [1.165, 1.54) is 12.8 Å². The minimum absolute atomic E-state index is 0.135. The lowest BCUT2D eigenvalue weighted by molar-refractivity contribution is 0.0602. The summed E-state index contributed by atoms with van der Waals surface area (Å²) in [6.45, 7) is 3.25. The highest BCUT2D eigenvalue weighted by Gasteiger charge is 2.35. The summed E-state index contributed by atoms with van der Waals surface area (Å²) in [5.41, 5.74) is 1.89. The number of carbonyl (C=O) groups is 1. The first-order chi connectivity index (χ1) is 11.7. The molecule has 4 heterocycles. The van der Waals surface area contributed by atoms with Crippen molar-refractivity contribution in [1.82, 2.24) is 15.2 Å². The third-order valence-electron chi connectivity index (χ3n) is 5.11. The molecular weight excluding hydrogens is 304 g/mol. The molecule has 1 atom stereocenters. The van der Waals surface area contributed by atoms with E-state index in [1.807, 2.05) is 31.3 Å². The number of rotatable bonds is 4. The lowest BCUT2D eigenvalue weighted by atomic mass is 9.84. The number of aromatic nitrogens is 1. The molecule has 3 aliphatic rings. The van der Waals surface area contributed by atoms with Crippen LogP contribution in [-0.2, 0) is 0 Å². The number of nitrogens with one attached hydrogen (secondary N) is 2. The lowest BCUT2D eigenvalue weighted by Gasteiger charge is -2.44. The van der Waals surface area contributed by atoms with Gasteiger partial charge < -0.3 is 20.0 Å². The van der Waals surface area contributed by atoms with Gasteiger partial charge in [0.15, 0.2) is 5.76 Å². The summed E-state index contributed by atoms with van der Waals surface area (Å²) in [4.78, 5) is 19.0. The molecule has 0 aliphatic carbocycles. The number of carbonyl (C=O) groups excluding carboxylic acids is 1. The van der Waals surface area contributed by atoms with E-state index in [4.69, 9.17) is 4.42 Å². The van der Waals surface area contributed by atoms with Crippen molar-refractivity contribution in [2.75, 3.05) is 32.0 Å². The number of hydrogen-bond donors (Lipinski definition) is 2. The molecule has 0 saturated carbocycles. The van der Waals surface area contributed by atoms with Crippen molar-refractivity contribution < 1.29 is 9.21 Å². The Morgan fingerprint density at radius 3 is 2.88 bits per heavy atom. The third kappa shape index (κ3) is 2.89. The van der Waals surface area contributed by atoms with E-state index in [-0.39, 0.29) is 17.8 Å². The Kier molecular flexibility index (Phi) is 3.98. The normalized spacial score (nSPS) is 25.5. The summed E-state index contributed by atoms with van der Waals surface area (Å²) in [6.07, 6.45) is 3.94. The molecular formula is C18H22N4O2. The van der Waals surface area contributed by atoms with Gasteiger partial charge >= 0.3 is 5.91 Å². The molecule has 0 unspecified atom stereocenters. The molecule has 6 heteroatoms. The SMILES string of the molecule is CNc1cccc(-c2cnc(C(=O)N[C@H]3CN4CCC3CC4)o2)c1. The summed E-state index contributed by atoms with van der Waals surface area (Å²) < 4.78 is 5.69. The quantitative estimate of drug-likeness (QED) is 0.901. The number of anilines is 1. The minimum Gasteiger partial charge on any atom is -0.432 e. The Labute approximate surface area is 141 Å². The standard InChI is InChI=1S/C18H22N4O2/c1-19-14-4-2-3-13(9-14)16-10-20-18(24-16)17(23)21-15-11-22-7-5-12(15)6-8-22/h2-4,9-10,12,15,19H,5-8,11H2,1H3,(H,21,23)/t15-/m0/s1. The Bertz CT molecular complexity index is 734. The van der Waals surface area contributed by atoms with E-state index in [1.54, 1.807) is 6.20 Å². The van der Waals surface area contributed by atoms with Crippen molar-refractivity contribution in [2.45, 2.75) is 18.9 Å². The number of oxazole rings is 1. The number of hydrogen-bond acceptors (Lipinski definition) is 5. The summed E-state index contributed by atoms with van der Waals surface area (Å²) in [7, 11) is 1.87. The van der Waals surface area contributed by atoms with Crippen LogP contribution in [0.15, 0.2) is 34.9 Å². The molecule has 3 aliphatic heterocycles. The molecule has 2 N–H and O–H groups in total. The number of amides is 1. The fourth-order valence-corrected chi connectivity index (χ4v) is 3.70. The van der Waals surface area contributed by atoms with Gasteiger partial charge in [-0.15, -0.1) is 0 Å². The largest absolute Gasteiger partial charge is 0.432 e. The molecule has 3 fully saturated rings. The average molecular weight is 326 g/mol. The first-order valence-corrected chi connectivity index (χ1v) is 8.50. The highest BCUT2D eigenvalue weighted by Crippen LogP contribution is 2.28. The first-order valence-electron chi connectivity index (χ1n) is 8.50. The van der Waals surface area contributed by atoms with E-state index in [0.717, 1.165) is 30.9 Å². The van der Waals surface area contributed by atoms with Crippen molar-refractivity contribution in [3.8, 4) is 11.3 Å². The summed E-state index contributed by atoms with van der Waals surface area (Å²) in [5.74, 6) is 1.10. The molecule has 2 bridgehead atoms. The predicted molar refractivity (Wildman–Crippen MR) is 91.9 cm³/mol. The van der Waals surface area contributed by atoms with Crippen LogP contribution in [0.2, 0.25) is 0 Å². The molecule has 1 aromatic heterocycles. The molecule has 6 nitrogen and oxygen atoms in total. The van der Waals surface area contributed by atoms with Gasteiger partial charge in [0.1, 0.15) is 0 Å². The maximum absolute atomic E-state index is 12.5. The van der Waals surface area contributed by atoms with Gasteiger partial charge in [-0.1, -0.05) is 12.1 Å². The minimum atomic E-state index is -0.218. The molecule has 126 valence electrons. The van der Waals surface area contributed by atoms with Crippen LogP contribution in [0.4, 0.5) is 5.69 Å². The second-order valence-electron chi connectivity index (χ2n) is 6.58. The first kappa shape index (κ1) is 15.2. The molecule has 0 spiro atoms. The second kappa shape index (κ2) is 6.28. The van der Waals surface area contributed by atoms with Crippen molar-refractivity contribution in [2.24, 2.45) is 5.92 Å². The van der Waals surface area contributed by atoms with Gasteiger partial charge in [-0.2, -0.15) is 0 Å². The molecule has 3 saturated heterocycles. The van der Waals surface area contributed by atoms with Crippen LogP contribution >= 0.6 is 0 Å². The molecule has 24 heavy (non-hydrogen) atoms. The van der Waals surface area contributed by atoms with Gasteiger partial charge in [0.2, 0.25) is 0 Å². The van der Waals surface area contributed by atoms with Gasteiger partial charge in [-0.05, 0) is 44.0 Å². The Morgan fingerprint density at radius 1 is 1.33 bits per heavy atom. The predicted octanol–water partition coefficient (Wildman–Crippen LogP) is 2.21. The number of benzene rings is 1. The van der Waals surface area contributed by atoms with Crippen LogP contribution in [0, 0.1) is 5.92 Å². The van der Waals surface area contributed by atoms with Crippen LogP contribution in [0.25, 0.3) is 11.3 Å². The molecule has 2 aromatic rings. The van der Waals surface area contributed by atoms with Gasteiger partial charge in [0.05, 0.1) is 6.20 Å². The molecule has 1 aromatic carbocycles. The highest BCUT2D eigenvalue weighted by atomic mass is 16.4. The second-order valence-corrected chi connectivity index (χ2v) is 6.58. The Morgan fingerprint density at radius 2 is 2.17 bits per heavy atom. The zero-order valence-corrected chi connectivity index (χ0v) is 13.8. The van der Waals surface area contributed by atoms with E-state index in [0.29, 0.717) is 11.7 Å². The fourth-order valence-electron chi connectivity index (χ4n) is 3.70.